The molecule has 2 aromatic rings. The average Bonchev–Trinajstić information content (AvgIpc) is 2.53. The van der Waals surface area contributed by atoms with Crippen LogP contribution in [0.3, 0.4) is 0 Å². The van der Waals surface area contributed by atoms with Crippen molar-refractivity contribution in [2.45, 2.75) is 26.3 Å². The Morgan fingerprint density at radius 1 is 1.38 bits per heavy atom. The predicted molar refractivity (Wildman–Crippen MR) is 83.4 cm³/mol. The number of amides is 1. The van der Waals surface area contributed by atoms with Crippen LogP contribution >= 0.6 is 0 Å². The monoisotopic (exact) mass is 281 g/mol. The van der Waals surface area contributed by atoms with Crippen molar-refractivity contribution in [3.63, 3.8) is 0 Å². The number of fused-ring (bicyclic) bond motifs is 1. The van der Waals surface area contributed by atoms with Gasteiger partial charge >= 0.3 is 0 Å². The van der Waals surface area contributed by atoms with Crippen LogP contribution in [0.2, 0.25) is 0 Å². The van der Waals surface area contributed by atoms with Crippen molar-refractivity contribution in [3.05, 3.63) is 58.9 Å². The smallest absolute Gasteiger partial charge is 0.251 e. The van der Waals surface area contributed by atoms with E-state index in [1.165, 1.54) is 5.56 Å². The van der Waals surface area contributed by atoms with Crippen LogP contribution in [-0.2, 0) is 13.0 Å². The van der Waals surface area contributed by atoms with E-state index in [4.69, 9.17) is 0 Å². The Labute approximate surface area is 124 Å². The first kappa shape index (κ1) is 13.6. The van der Waals surface area contributed by atoms with Crippen molar-refractivity contribution in [1.82, 2.24) is 10.3 Å². The van der Waals surface area contributed by atoms with Crippen molar-refractivity contribution >= 4 is 11.6 Å². The van der Waals surface area contributed by atoms with Crippen LogP contribution in [0.15, 0.2) is 36.7 Å². The standard InChI is InChI=1S/C17H19N3O/c1-12-6-8-18-10-15(12)11-20-17(21)14-4-5-16-13(9-14)3-2-7-19-16/h4-6,8-10,19H,2-3,7,11H2,1H3,(H,20,21). The summed E-state index contributed by atoms with van der Waals surface area (Å²) in [6.07, 6.45) is 5.71. The summed E-state index contributed by atoms with van der Waals surface area (Å²) in [5.41, 5.74) is 5.29. The summed E-state index contributed by atoms with van der Waals surface area (Å²) in [6.45, 7) is 3.54. The van der Waals surface area contributed by atoms with E-state index >= 15 is 0 Å². The normalized spacial score (nSPS) is 13.2. The minimum Gasteiger partial charge on any atom is -0.385 e. The number of nitrogens with zero attached hydrogens (tertiary/aromatic N) is 1. The average molecular weight is 281 g/mol. The maximum atomic E-state index is 12.3. The van der Waals surface area contributed by atoms with E-state index in [1.807, 2.05) is 31.2 Å². The number of aryl methyl sites for hydroxylation is 2. The Morgan fingerprint density at radius 2 is 2.29 bits per heavy atom. The second-order valence-electron chi connectivity index (χ2n) is 5.39. The number of anilines is 1. The second-order valence-corrected chi connectivity index (χ2v) is 5.39. The number of hydrogen-bond donors (Lipinski definition) is 2. The highest BCUT2D eigenvalue weighted by molar-refractivity contribution is 5.94. The third-order valence-electron chi connectivity index (χ3n) is 3.89. The number of benzene rings is 1. The van der Waals surface area contributed by atoms with Gasteiger partial charge in [-0.15, -0.1) is 0 Å². The summed E-state index contributed by atoms with van der Waals surface area (Å²) in [7, 11) is 0. The maximum Gasteiger partial charge on any atom is 0.251 e. The molecular weight excluding hydrogens is 262 g/mol. The summed E-state index contributed by atoms with van der Waals surface area (Å²) in [5.74, 6) is -0.0355. The van der Waals surface area contributed by atoms with Crippen LogP contribution in [0.4, 0.5) is 5.69 Å². The Morgan fingerprint density at radius 3 is 3.14 bits per heavy atom. The largest absolute Gasteiger partial charge is 0.385 e. The van der Waals surface area contributed by atoms with E-state index in [1.54, 1.807) is 12.4 Å². The van der Waals surface area contributed by atoms with Gasteiger partial charge in [0.25, 0.3) is 5.91 Å². The van der Waals surface area contributed by atoms with Gasteiger partial charge in [-0.2, -0.15) is 0 Å². The molecule has 1 aliphatic heterocycles. The van der Waals surface area contributed by atoms with Crippen LogP contribution in [0.25, 0.3) is 0 Å². The number of carbonyl (C=O) groups is 1. The van der Waals surface area contributed by atoms with Crippen molar-refractivity contribution < 1.29 is 4.79 Å². The molecule has 21 heavy (non-hydrogen) atoms. The van der Waals surface area contributed by atoms with Crippen LogP contribution in [0.5, 0.6) is 0 Å². The van der Waals surface area contributed by atoms with Gasteiger partial charge in [0.15, 0.2) is 0 Å². The topological polar surface area (TPSA) is 54.0 Å². The molecule has 2 N–H and O–H groups in total. The number of aromatic nitrogens is 1. The minimum absolute atomic E-state index is 0.0355. The maximum absolute atomic E-state index is 12.3. The van der Waals surface area contributed by atoms with Gasteiger partial charge in [0, 0.05) is 36.7 Å². The summed E-state index contributed by atoms with van der Waals surface area (Å²) in [4.78, 5) is 16.4. The third-order valence-corrected chi connectivity index (χ3v) is 3.89. The molecule has 0 spiro atoms. The van der Waals surface area contributed by atoms with Gasteiger partial charge in [0.1, 0.15) is 0 Å². The molecule has 1 amide bonds. The first-order valence-corrected chi connectivity index (χ1v) is 7.28. The summed E-state index contributed by atoms with van der Waals surface area (Å²) < 4.78 is 0. The molecule has 0 aliphatic carbocycles. The molecule has 1 aromatic carbocycles. The summed E-state index contributed by atoms with van der Waals surface area (Å²) >= 11 is 0. The van der Waals surface area contributed by atoms with Gasteiger partial charge in [0.05, 0.1) is 0 Å². The zero-order valence-electron chi connectivity index (χ0n) is 12.1. The van der Waals surface area contributed by atoms with E-state index in [0.717, 1.165) is 41.8 Å². The Hall–Kier alpha value is -2.36. The summed E-state index contributed by atoms with van der Waals surface area (Å²) in [6, 6.07) is 7.82. The molecular formula is C17H19N3O. The molecule has 0 atom stereocenters. The Balaban J connectivity index is 1.69. The molecule has 108 valence electrons. The van der Waals surface area contributed by atoms with Crippen molar-refractivity contribution in [2.75, 3.05) is 11.9 Å². The van der Waals surface area contributed by atoms with E-state index in [-0.39, 0.29) is 5.91 Å². The van der Waals surface area contributed by atoms with Gasteiger partial charge in [-0.3, -0.25) is 9.78 Å². The molecule has 4 nitrogen and oxygen atoms in total. The lowest BCUT2D eigenvalue weighted by atomic mass is 10.0. The highest BCUT2D eigenvalue weighted by Crippen LogP contribution is 2.22. The van der Waals surface area contributed by atoms with E-state index in [0.29, 0.717) is 6.54 Å². The van der Waals surface area contributed by atoms with Crippen LogP contribution in [0.1, 0.15) is 33.5 Å². The fourth-order valence-corrected chi connectivity index (χ4v) is 2.58. The summed E-state index contributed by atoms with van der Waals surface area (Å²) in [5, 5.41) is 6.32. The lowest BCUT2D eigenvalue weighted by Crippen LogP contribution is -2.24. The van der Waals surface area contributed by atoms with Gasteiger partial charge < -0.3 is 10.6 Å². The number of hydrogen-bond acceptors (Lipinski definition) is 3. The van der Waals surface area contributed by atoms with Crippen LogP contribution < -0.4 is 10.6 Å². The second kappa shape index (κ2) is 5.95. The third kappa shape index (κ3) is 3.05. The minimum atomic E-state index is -0.0355. The van der Waals surface area contributed by atoms with Gasteiger partial charge in [-0.25, -0.2) is 0 Å². The number of pyridine rings is 1. The first-order chi connectivity index (χ1) is 10.2. The molecule has 1 aromatic heterocycles. The quantitative estimate of drug-likeness (QED) is 0.909. The van der Waals surface area contributed by atoms with Crippen molar-refractivity contribution in [2.24, 2.45) is 0 Å². The van der Waals surface area contributed by atoms with Crippen LogP contribution in [0, 0.1) is 6.92 Å². The fraction of sp³-hybridized carbons (Fsp3) is 0.294. The predicted octanol–water partition coefficient (Wildman–Crippen LogP) is 2.68. The molecule has 4 heteroatoms. The molecule has 1 aliphatic rings. The fourth-order valence-electron chi connectivity index (χ4n) is 2.58. The van der Waals surface area contributed by atoms with Crippen LogP contribution in [-0.4, -0.2) is 17.4 Å². The number of rotatable bonds is 3. The first-order valence-electron chi connectivity index (χ1n) is 7.28. The van der Waals surface area contributed by atoms with Gasteiger partial charge in [-0.05, 0) is 60.7 Å². The molecule has 2 heterocycles. The SMILES string of the molecule is Cc1ccncc1CNC(=O)c1ccc2c(c1)CCCN2. The molecule has 0 saturated heterocycles. The molecule has 0 unspecified atom stereocenters. The lowest BCUT2D eigenvalue weighted by Gasteiger charge is -2.18. The Kier molecular flexibility index (Phi) is 3.86. The zero-order chi connectivity index (χ0) is 14.7. The highest BCUT2D eigenvalue weighted by Gasteiger charge is 2.12. The van der Waals surface area contributed by atoms with Gasteiger partial charge in [0.2, 0.25) is 0 Å². The van der Waals surface area contributed by atoms with E-state index in [2.05, 4.69) is 15.6 Å². The van der Waals surface area contributed by atoms with Gasteiger partial charge in [-0.1, -0.05) is 0 Å². The molecule has 0 fully saturated rings. The van der Waals surface area contributed by atoms with E-state index in [9.17, 15) is 4.79 Å². The zero-order valence-corrected chi connectivity index (χ0v) is 12.1. The number of nitrogens with one attached hydrogen (secondary N) is 2. The Bertz CT molecular complexity index is 667. The molecule has 0 saturated carbocycles. The van der Waals surface area contributed by atoms with Crippen molar-refractivity contribution in [3.8, 4) is 0 Å². The highest BCUT2D eigenvalue weighted by atomic mass is 16.1. The molecule has 0 bridgehead atoms. The lowest BCUT2D eigenvalue weighted by molar-refractivity contribution is 0.0951. The molecule has 3 rings (SSSR count). The number of carbonyl (C=O) groups excluding carboxylic acids is 1. The van der Waals surface area contributed by atoms with E-state index < -0.39 is 0 Å². The molecule has 0 radical (unpaired) electrons. The van der Waals surface area contributed by atoms with Crippen molar-refractivity contribution in [1.29, 1.82) is 0 Å².